The third kappa shape index (κ3) is 16.8. The van der Waals surface area contributed by atoms with Gasteiger partial charge in [0.2, 0.25) is 0 Å². The number of ether oxygens (including phenoxy) is 2. The van der Waals surface area contributed by atoms with E-state index in [0.717, 1.165) is 57.1 Å². The predicted molar refractivity (Wildman–Crippen MR) is 97.7 cm³/mol. The maximum Gasteiger partial charge on any atom is 0.331 e. The zero-order chi connectivity index (χ0) is 17.9. The maximum absolute atomic E-state index is 11.4. The van der Waals surface area contributed by atoms with E-state index in [9.17, 15) is 9.59 Å². The van der Waals surface area contributed by atoms with Crippen molar-refractivity contribution in [3.05, 3.63) is 24.3 Å². The summed E-state index contributed by atoms with van der Waals surface area (Å²) in [5, 5.41) is 0. The molecule has 0 aromatic heterocycles. The minimum atomic E-state index is -0.496. The van der Waals surface area contributed by atoms with E-state index < -0.39 is 11.9 Å². The first-order chi connectivity index (χ1) is 11.7. The van der Waals surface area contributed by atoms with Gasteiger partial charge in [-0.2, -0.15) is 0 Å². The Hall–Kier alpha value is -1.58. The molecule has 0 radical (unpaired) electrons. The van der Waals surface area contributed by atoms with Crippen LogP contribution in [0.5, 0.6) is 0 Å². The Kier molecular flexibility index (Phi) is 16.6. The van der Waals surface area contributed by atoms with Crippen LogP contribution in [0.1, 0.15) is 78.1 Å². The second-order valence-electron chi connectivity index (χ2n) is 5.84. The Labute approximate surface area is 147 Å². The number of allylic oxidation sites excluding steroid dienone is 2. The number of hydrogen-bond acceptors (Lipinski definition) is 4. The zero-order valence-electron chi connectivity index (χ0n) is 15.4. The van der Waals surface area contributed by atoms with Gasteiger partial charge in [0.15, 0.2) is 0 Å². The molecular weight excluding hydrogens is 304 g/mol. The molecule has 0 atom stereocenters. The van der Waals surface area contributed by atoms with E-state index in [-0.39, 0.29) is 0 Å². The molecule has 0 aromatic carbocycles. The third-order valence-electron chi connectivity index (χ3n) is 3.50. The Morgan fingerprint density at radius 1 is 0.667 bits per heavy atom. The van der Waals surface area contributed by atoms with Crippen LogP contribution < -0.4 is 0 Å². The van der Waals surface area contributed by atoms with Crippen molar-refractivity contribution in [2.24, 2.45) is 0 Å². The van der Waals surface area contributed by atoms with Gasteiger partial charge in [-0.05, 0) is 32.1 Å². The molecule has 0 aliphatic carbocycles. The molecule has 0 fully saturated rings. The standard InChI is InChI=1S/C20H34O4/c1-3-5-7-9-10-11-12-14-18-24-20(22)16-15-19(21)23-17-13-8-6-4-2/h10-11,15-16H,3-9,12-14,17-18H2,1-2H3/b11-10+,16-15+. The van der Waals surface area contributed by atoms with Crippen LogP contribution in [0, 0.1) is 0 Å². The molecule has 0 rings (SSSR count). The van der Waals surface area contributed by atoms with E-state index in [1.807, 2.05) is 0 Å². The van der Waals surface area contributed by atoms with Crippen LogP contribution in [0.3, 0.4) is 0 Å². The van der Waals surface area contributed by atoms with Gasteiger partial charge in [-0.15, -0.1) is 0 Å². The highest BCUT2D eigenvalue weighted by atomic mass is 16.5. The molecule has 0 aliphatic rings. The summed E-state index contributed by atoms with van der Waals surface area (Å²) in [6.45, 7) is 5.10. The average molecular weight is 338 g/mol. The van der Waals surface area contributed by atoms with Gasteiger partial charge in [-0.1, -0.05) is 58.1 Å². The summed E-state index contributed by atoms with van der Waals surface area (Å²) < 4.78 is 10.0. The van der Waals surface area contributed by atoms with Gasteiger partial charge in [0, 0.05) is 12.2 Å². The van der Waals surface area contributed by atoms with Crippen LogP contribution in [0.25, 0.3) is 0 Å². The lowest BCUT2D eigenvalue weighted by Gasteiger charge is -2.01. The van der Waals surface area contributed by atoms with Crippen molar-refractivity contribution in [3.8, 4) is 0 Å². The highest BCUT2D eigenvalue weighted by Crippen LogP contribution is 2.02. The third-order valence-corrected chi connectivity index (χ3v) is 3.50. The molecule has 4 heteroatoms. The summed E-state index contributed by atoms with van der Waals surface area (Å²) >= 11 is 0. The molecule has 0 saturated carbocycles. The lowest BCUT2D eigenvalue weighted by Crippen LogP contribution is -2.06. The minimum absolute atomic E-state index is 0.370. The summed E-state index contributed by atoms with van der Waals surface area (Å²) in [7, 11) is 0. The summed E-state index contributed by atoms with van der Waals surface area (Å²) in [6, 6.07) is 0. The molecule has 0 aromatic rings. The van der Waals surface area contributed by atoms with Crippen LogP contribution >= 0.6 is 0 Å². The van der Waals surface area contributed by atoms with Gasteiger partial charge in [0.05, 0.1) is 13.2 Å². The van der Waals surface area contributed by atoms with Gasteiger partial charge in [0.25, 0.3) is 0 Å². The number of carbonyl (C=O) groups excluding carboxylic acids is 2. The van der Waals surface area contributed by atoms with Crippen molar-refractivity contribution < 1.29 is 19.1 Å². The quantitative estimate of drug-likeness (QED) is 0.180. The smallest absolute Gasteiger partial charge is 0.331 e. The molecule has 0 amide bonds. The van der Waals surface area contributed by atoms with E-state index in [1.165, 1.54) is 19.3 Å². The van der Waals surface area contributed by atoms with E-state index in [2.05, 4.69) is 26.0 Å². The zero-order valence-corrected chi connectivity index (χ0v) is 15.4. The van der Waals surface area contributed by atoms with Gasteiger partial charge in [-0.3, -0.25) is 0 Å². The van der Waals surface area contributed by atoms with Crippen molar-refractivity contribution in [3.63, 3.8) is 0 Å². The normalized spacial score (nSPS) is 11.2. The SMILES string of the molecule is CCCCC/C=C/CCCOC(=O)/C=C/C(=O)OCCCCCC. The number of unbranched alkanes of at least 4 members (excludes halogenated alkanes) is 7. The molecule has 138 valence electrons. The van der Waals surface area contributed by atoms with Crippen LogP contribution in [0.4, 0.5) is 0 Å². The van der Waals surface area contributed by atoms with E-state index >= 15 is 0 Å². The molecule has 0 unspecified atom stereocenters. The van der Waals surface area contributed by atoms with Gasteiger partial charge in [0.1, 0.15) is 0 Å². The lowest BCUT2D eigenvalue weighted by atomic mass is 10.2. The first-order valence-electron chi connectivity index (χ1n) is 9.37. The Morgan fingerprint density at radius 2 is 1.17 bits per heavy atom. The Bertz CT molecular complexity index is 372. The maximum atomic E-state index is 11.4. The second-order valence-corrected chi connectivity index (χ2v) is 5.84. The minimum Gasteiger partial charge on any atom is -0.463 e. The number of carbonyl (C=O) groups is 2. The monoisotopic (exact) mass is 338 g/mol. The molecule has 4 nitrogen and oxygen atoms in total. The van der Waals surface area contributed by atoms with Crippen LogP contribution in [0.15, 0.2) is 24.3 Å². The molecule has 0 spiro atoms. The van der Waals surface area contributed by atoms with Gasteiger partial charge >= 0.3 is 11.9 Å². The molecule has 24 heavy (non-hydrogen) atoms. The van der Waals surface area contributed by atoms with Crippen LogP contribution in [-0.2, 0) is 19.1 Å². The number of esters is 2. The van der Waals surface area contributed by atoms with Gasteiger partial charge in [-0.25, -0.2) is 9.59 Å². The van der Waals surface area contributed by atoms with Crippen LogP contribution in [-0.4, -0.2) is 25.2 Å². The van der Waals surface area contributed by atoms with Crippen molar-refractivity contribution in [1.82, 2.24) is 0 Å². The largest absolute Gasteiger partial charge is 0.463 e. The first-order valence-corrected chi connectivity index (χ1v) is 9.37. The fourth-order valence-corrected chi connectivity index (χ4v) is 2.06. The highest BCUT2D eigenvalue weighted by molar-refractivity contribution is 5.91. The van der Waals surface area contributed by atoms with E-state index in [1.54, 1.807) is 0 Å². The van der Waals surface area contributed by atoms with Crippen molar-refractivity contribution in [2.45, 2.75) is 78.1 Å². The van der Waals surface area contributed by atoms with E-state index in [0.29, 0.717) is 13.2 Å². The molecule has 0 aliphatic heterocycles. The fraction of sp³-hybridized carbons (Fsp3) is 0.700. The summed E-state index contributed by atoms with van der Waals surface area (Å²) in [4.78, 5) is 22.8. The van der Waals surface area contributed by atoms with Gasteiger partial charge < -0.3 is 9.47 Å². The van der Waals surface area contributed by atoms with E-state index in [4.69, 9.17) is 9.47 Å². The fourth-order valence-electron chi connectivity index (χ4n) is 2.06. The predicted octanol–water partition coefficient (Wildman–Crippen LogP) is 5.13. The van der Waals surface area contributed by atoms with Crippen molar-refractivity contribution in [2.75, 3.05) is 13.2 Å². The molecule has 0 N–H and O–H groups in total. The van der Waals surface area contributed by atoms with Crippen LogP contribution in [0.2, 0.25) is 0 Å². The topological polar surface area (TPSA) is 52.6 Å². The number of rotatable bonds is 15. The molecule has 0 bridgehead atoms. The second kappa shape index (κ2) is 17.8. The Morgan fingerprint density at radius 3 is 1.75 bits per heavy atom. The first kappa shape index (κ1) is 22.4. The summed E-state index contributed by atoms with van der Waals surface area (Å²) in [6.07, 6.45) is 17.4. The van der Waals surface area contributed by atoms with Crippen molar-refractivity contribution in [1.29, 1.82) is 0 Å². The molecule has 0 heterocycles. The lowest BCUT2D eigenvalue weighted by molar-refractivity contribution is -0.140. The molecular formula is C20H34O4. The average Bonchev–Trinajstić information content (AvgIpc) is 2.58. The number of hydrogen-bond donors (Lipinski definition) is 0. The van der Waals surface area contributed by atoms with Crippen molar-refractivity contribution >= 4 is 11.9 Å². The Balaban J connectivity index is 3.55. The summed E-state index contributed by atoms with van der Waals surface area (Å²) in [5.74, 6) is -0.983. The molecule has 0 saturated heterocycles. The highest BCUT2D eigenvalue weighted by Gasteiger charge is 2.00. The summed E-state index contributed by atoms with van der Waals surface area (Å²) in [5.41, 5.74) is 0.